The number of carboxylic acids is 1. The van der Waals surface area contributed by atoms with Gasteiger partial charge in [0.15, 0.2) is 0 Å². The van der Waals surface area contributed by atoms with Gasteiger partial charge >= 0.3 is 5.97 Å². The molecule has 0 atom stereocenters. The van der Waals surface area contributed by atoms with E-state index in [2.05, 4.69) is 0 Å². The first kappa shape index (κ1) is 12.6. The summed E-state index contributed by atoms with van der Waals surface area (Å²) in [5.41, 5.74) is -0.102. The molecule has 0 amide bonds. The molecule has 0 aliphatic rings. The number of nitro groups is 1. The second-order valence-electron chi connectivity index (χ2n) is 3.81. The Morgan fingerprint density at radius 3 is 2.42 bits per heavy atom. The van der Waals surface area contributed by atoms with Gasteiger partial charge in [0, 0.05) is 11.6 Å². The fraction of sp³-hybridized carbons (Fsp3) is 0. The number of phenols is 1. The van der Waals surface area contributed by atoms with E-state index in [1.54, 1.807) is 18.2 Å². The van der Waals surface area contributed by atoms with Crippen LogP contribution in [0.15, 0.2) is 42.5 Å². The molecule has 0 bridgehead atoms. The maximum absolute atomic E-state index is 10.9. The van der Waals surface area contributed by atoms with E-state index in [0.717, 1.165) is 12.1 Å². The number of hydrogen-bond acceptors (Lipinski definition) is 4. The Hall–Kier alpha value is -2.89. The summed E-state index contributed by atoms with van der Waals surface area (Å²) in [5.74, 6) is -1.39. The van der Waals surface area contributed by atoms with Gasteiger partial charge in [-0.05, 0) is 17.7 Å². The normalized spacial score (nSPS) is 10.1. The van der Waals surface area contributed by atoms with Crippen molar-refractivity contribution in [2.24, 2.45) is 0 Å². The number of carboxylic acid groups (broad SMARTS) is 1. The van der Waals surface area contributed by atoms with Gasteiger partial charge in [0.05, 0.1) is 4.92 Å². The largest absolute Gasteiger partial charge is 0.507 e. The number of benzene rings is 2. The molecule has 0 aliphatic carbocycles. The second-order valence-corrected chi connectivity index (χ2v) is 3.81. The number of aromatic hydroxyl groups is 1. The molecule has 96 valence electrons. The van der Waals surface area contributed by atoms with Gasteiger partial charge in [-0.15, -0.1) is 0 Å². The van der Waals surface area contributed by atoms with E-state index >= 15 is 0 Å². The van der Waals surface area contributed by atoms with Gasteiger partial charge in [0.2, 0.25) is 0 Å². The van der Waals surface area contributed by atoms with Crippen molar-refractivity contribution in [3.63, 3.8) is 0 Å². The Morgan fingerprint density at radius 1 is 1.16 bits per heavy atom. The van der Waals surface area contributed by atoms with Crippen LogP contribution in [0, 0.1) is 10.1 Å². The number of nitrogens with zero attached hydrogens (tertiary/aromatic N) is 1. The number of rotatable bonds is 3. The van der Waals surface area contributed by atoms with Crippen molar-refractivity contribution in [3.05, 3.63) is 58.1 Å². The molecule has 2 N–H and O–H groups in total. The van der Waals surface area contributed by atoms with Crippen LogP contribution in [0.4, 0.5) is 5.69 Å². The van der Waals surface area contributed by atoms with Gasteiger partial charge in [0.1, 0.15) is 11.3 Å². The minimum Gasteiger partial charge on any atom is -0.507 e. The number of para-hydroxylation sites is 1. The number of phenolic OH excluding ortho intramolecular Hbond substituents is 1. The highest BCUT2D eigenvalue weighted by atomic mass is 16.6. The number of hydrogen-bond donors (Lipinski definition) is 2. The number of carbonyl (C=O) groups is 1. The van der Waals surface area contributed by atoms with E-state index in [9.17, 15) is 20.0 Å². The lowest BCUT2D eigenvalue weighted by atomic mass is 10.0. The molecule has 2 rings (SSSR count). The zero-order valence-electron chi connectivity index (χ0n) is 9.61. The van der Waals surface area contributed by atoms with E-state index in [4.69, 9.17) is 5.11 Å². The second kappa shape index (κ2) is 4.77. The molecule has 0 unspecified atom stereocenters. The van der Waals surface area contributed by atoms with Crippen LogP contribution in [0.25, 0.3) is 11.1 Å². The van der Waals surface area contributed by atoms with Crippen LogP contribution < -0.4 is 0 Å². The molecule has 0 aliphatic heterocycles. The average Bonchev–Trinajstić information content (AvgIpc) is 2.38. The summed E-state index contributed by atoms with van der Waals surface area (Å²) in [7, 11) is 0. The third kappa shape index (κ3) is 2.37. The smallest absolute Gasteiger partial charge is 0.342 e. The van der Waals surface area contributed by atoms with Crippen molar-refractivity contribution in [1.29, 1.82) is 0 Å². The van der Waals surface area contributed by atoms with E-state index in [0.29, 0.717) is 11.1 Å². The zero-order chi connectivity index (χ0) is 14.0. The topological polar surface area (TPSA) is 101 Å². The minimum atomic E-state index is -1.37. The molecule has 2 aromatic carbocycles. The van der Waals surface area contributed by atoms with Gasteiger partial charge in [0.25, 0.3) is 5.69 Å². The summed E-state index contributed by atoms with van der Waals surface area (Å²) in [4.78, 5) is 21.0. The standard InChI is InChI=1S/C13H9NO5/c15-12-4-2-1-3-9(12)8-5-6-10(13(16)17)11(7-8)14(18)19/h1-7,15H,(H,16,17). The molecule has 0 saturated heterocycles. The first-order chi connectivity index (χ1) is 9.00. The van der Waals surface area contributed by atoms with Crippen molar-refractivity contribution in [2.75, 3.05) is 0 Å². The SMILES string of the molecule is O=C(O)c1ccc(-c2ccccc2O)cc1[N+](=O)[O-]. The highest BCUT2D eigenvalue weighted by Crippen LogP contribution is 2.32. The molecule has 6 heteroatoms. The van der Waals surface area contributed by atoms with Crippen molar-refractivity contribution in [1.82, 2.24) is 0 Å². The number of aromatic carboxylic acids is 1. The maximum atomic E-state index is 10.9. The Bertz CT molecular complexity index is 666. The quantitative estimate of drug-likeness (QED) is 0.651. The molecule has 0 fully saturated rings. The summed E-state index contributed by atoms with van der Waals surface area (Å²) in [6.07, 6.45) is 0. The van der Waals surface area contributed by atoms with Crippen molar-refractivity contribution in [3.8, 4) is 16.9 Å². The van der Waals surface area contributed by atoms with Gasteiger partial charge in [-0.3, -0.25) is 10.1 Å². The lowest BCUT2D eigenvalue weighted by Crippen LogP contribution is -2.02. The predicted octanol–water partition coefficient (Wildman–Crippen LogP) is 2.67. The minimum absolute atomic E-state index is 0.0279. The van der Waals surface area contributed by atoms with E-state index in [1.165, 1.54) is 12.1 Å². The van der Waals surface area contributed by atoms with Gasteiger partial charge < -0.3 is 10.2 Å². The molecule has 0 aromatic heterocycles. The lowest BCUT2D eigenvalue weighted by molar-refractivity contribution is -0.385. The molecule has 6 nitrogen and oxygen atoms in total. The average molecular weight is 259 g/mol. The Morgan fingerprint density at radius 2 is 1.84 bits per heavy atom. The third-order valence-electron chi connectivity index (χ3n) is 2.64. The number of nitro benzene ring substituents is 1. The molecule has 0 radical (unpaired) electrons. The molecular weight excluding hydrogens is 250 g/mol. The molecule has 0 saturated carbocycles. The van der Waals surface area contributed by atoms with Crippen LogP contribution in [0.2, 0.25) is 0 Å². The van der Waals surface area contributed by atoms with Gasteiger partial charge in [-0.25, -0.2) is 4.79 Å². The third-order valence-corrected chi connectivity index (χ3v) is 2.64. The molecular formula is C13H9NO5. The summed E-state index contributed by atoms with van der Waals surface area (Å²) in [6.45, 7) is 0. The van der Waals surface area contributed by atoms with E-state index < -0.39 is 16.6 Å². The lowest BCUT2D eigenvalue weighted by Gasteiger charge is -2.05. The molecule has 0 spiro atoms. The highest BCUT2D eigenvalue weighted by Gasteiger charge is 2.20. The van der Waals surface area contributed by atoms with Crippen LogP contribution in [-0.2, 0) is 0 Å². The first-order valence-electron chi connectivity index (χ1n) is 5.31. The monoisotopic (exact) mass is 259 g/mol. The van der Waals surface area contributed by atoms with E-state index in [1.807, 2.05) is 0 Å². The summed E-state index contributed by atoms with van der Waals surface area (Å²) < 4.78 is 0. The maximum Gasteiger partial charge on any atom is 0.342 e. The van der Waals surface area contributed by atoms with Gasteiger partial charge in [-0.2, -0.15) is 0 Å². The predicted molar refractivity (Wildman–Crippen MR) is 67.2 cm³/mol. The van der Waals surface area contributed by atoms with Gasteiger partial charge in [-0.1, -0.05) is 24.3 Å². The van der Waals surface area contributed by atoms with Crippen molar-refractivity contribution < 1.29 is 19.9 Å². The Labute approximate surface area is 107 Å². The van der Waals surface area contributed by atoms with Crippen molar-refractivity contribution >= 4 is 11.7 Å². The summed E-state index contributed by atoms with van der Waals surface area (Å²) in [5, 5.41) is 29.4. The molecule has 19 heavy (non-hydrogen) atoms. The first-order valence-corrected chi connectivity index (χ1v) is 5.31. The van der Waals surface area contributed by atoms with Crippen LogP contribution >= 0.6 is 0 Å². The summed E-state index contributed by atoms with van der Waals surface area (Å²) >= 11 is 0. The Kier molecular flexibility index (Phi) is 3.15. The fourth-order valence-corrected chi connectivity index (χ4v) is 1.75. The fourth-order valence-electron chi connectivity index (χ4n) is 1.75. The summed E-state index contributed by atoms with van der Waals surface area (Å²) in [6, 6.07) is 10.1. The molecule has 2 aromatic rings. The Balaban J connectivity index is 2.62. The van der Waals surface area contributed by atoms with Crippen LogP contribution in [0.3, 0.4) is 0 Å². The molecule has 0 heterocycles. The van der Waals surface area contributed by atoms with Crippen LogP contribution in [0.5, 0.6) is 5.75 Å². The van der Waals surface area contributed by atoms with Crippen LogP contribution in [0.1, 0.15) is 10.4 Å². The van der Waals surface area contributed by atoms with Crippen LogP contribution in [-0.4, -0.2) is 21.1 Å². The zero-order valence-corrected chi connectivity index (χ0v) is 9.61. The van der Waals surface area contributed by atoms with E-state index in [-0.39, 0.29) is 11.3 Å². The highest BCUT2D eigenvalue weighted by molar-refractivity contribution is 5.93. The van der Waals surface area contributed by atoms with Crippen molar-refractivity contribution in [2.45, 2.75) is 0 Å².